The Balaban J connectivity index is 2.25. The maximum absolute atomic E-state index is 10.1. The SMILES string of the molecule is COc1cc(Cl)cc(CNc2c(Br)cccc2Br)c1O. The molecule has 3 nitrogen and oxygen atoms in total. The summed E-state index contributed by atoms with van der Waals surface area (Å²) in [6.07, 6.45) is 0. The van der Waals surface area contributed by atoms with E-state index in [1.165, 1.54) is 7.11 Å². The van der Waals surface area contributed by atoms with Gasteiger partial charge in [-0.25, -0.2) is 0 Å². The summed E-state index contributed by atoms with van der Waals surface area (Å²) in [7, 11) is 1.49. The van der Waals surface area contributed by atoms with Gasteiger partial charge in [-0.05, 0) is 50.1 Å². The zero-order chi connectivity index (χ0) is 14.7. The third-order valence-corrected chi connectivity index (χ3v) is 4.30. The number of anilines is 1. The normalized spacial score (nSPS) is 10.4. The second kappa shape index (κ2) is 6.70. The van der Waals surface area contributed by atoms with Gasteiger partial charge < -0.3 is 15.2 Å². The average Bonchev–Trinajstić information content (AvgIpc) is 2.41. The molecule has 0 bridgehead atoms. The average molecular weight is 422 g/mol. The van der Waals surface area contributed by atoms with Gasteiger partial charge in [-0.15, -0.1) is 0 Å². The molecule has 2 N–H and O–H groups in total. The molecule has 0 aliphatic heterocycles. The van der Waals surface area contributed by atoms with Crippen LogP contribution in [0.5, 0.6) is 11.5 Å². The van der Waals surface area contributed by atoms with E-state index in [-0.39, 0.29) is 5.75 Å². The van der Waals surface area contributed by atoms with E-state index in [1.54, 1.807) is 12.1 Å². The summed E-state index contributed by atoms with van der Waals surface area (Å²) in [5.74, 6) is 0.452. The molecule has 0 spiro atoms. The predicted octanol–water partition coefficient (Wildman–Crippen LogP) is 5.19. The van der Waals surface area contributed by atoms with Crippen LogP contribution in [0.2, 0.25) is 5.02 Å². The number of benzene rings is 2. The Morgan fingerprint density at radius 3 is 2.50 bits per heavy atom. The lowest BCUT2D eigenvalue weighted by atomic mass is 10.1. The maximum Gasteiger partial charge on any atom is 0.162 e. The summed E-state index contributed by atoms with van der Waals surface area (Å²) in [6.45, 7) is 0.421. The summed E-state index contributed by atoms with van der Waals surface area (Å²) < 4.78 is 6.95. The third kappa shape index (κ3) is 3.40. The quantitative estimate of drug-likeness (QED) is 0.714. The molecule has 0 saturated heterocycles. The van der Waals surface area contributed by atoms with Crippen LogP contribution in [-0.4, -0.2) is 12.2 Å². The van der Waals surface area contributed by atoms with E-state index in [9.17, 15) is 5.11 Å². The van der Waals surface area contributed by atoms with Crippen LogP contribution in [0.3, 0.4) is 0 Å². The molecular formula is C14H12Br2ClNO2. The number of rotatable bonds is 4. The van der Waals surface area contributed by atoms with Crippen molar-refractivity contribution in [3.05, 3.63) is 49.9 Å². The van der Waals surface area contributed by atoms with Crippen molar-refractivity contribution in [2.24, 2.45) is 0 Å². The minimum absolute atomic E-state index is 0.0903. The smallest absolute Gasteiger partial charge is 0.162 e. The first-order valence-corrected chi connectivity index (χ1v) is 7.72. The molecule has 2 aromatic rings. The van der Waals surface area contributed by atoms with Crippen molar-refractivity contribution in [2.75, 3.05) is 12.4 Å². The van der Waals surface area contributed by atoms with Crippen LogP contribution < -0.4 is 10.1 Å². The number of methoxy groups -OCH3 is 1. The fourth-order valence-corrected chi connectivity index (χ4v) is 3.28. The number of hydrogen-bond donors (Lipinski definition) is 2. The summed E-state index contributed by atoms with van der Waals surface area (Å²) in [6, 6.07) is 9.09. The molecule has 2 rings (SSSR count). The minimum Gasteiger partial charge on any atom is -0.504 e. The highest BCUT2D eigenvalue weighted by Crippen LogP contribution is 2.35. The summed E-state index contributed by atoms with van der Waals surface area (Å²) in [5, 5.41) is 13.8. The number of phenolic OH excluding ortho intramolecular Hbond substituents is 1. The van der Waals surface area contributed by atoms with Crippen LogP contribution in [0.1, 0.15) is 5.56 Å². The van der Waals surface area contributed by atoms with Crippen molar-refractivity contribution >= 4 is 49.1 Å². The molecule has 0 amide bonds. The highest BCUT2D eigenvalue weighted by molar-refractivity contribution is 9.11. The molecule has 0 unspecified atom stereocenters. The van der Waals surface area contributed by atoms with E-state index in [1.807, 2.05) is 18.2 Å². The first-order valence-electron chi connectivity index (χ1n) is 5.76. The van der Waals surface area contributed by atoms with Crippen LogP contribution in [0.15, 0.2) is 39.3 Å². The van der Waals surface area contributed by atoms with E-state index >= 15 is 0 Å². The molecule has 0 atom stereocenters. The Bertz CT molecular complexity index is 615. The number of ether oxygens (including phenoxy) is 1. The standard InChI is InChI=1S/C14H12Br2ClNO2/c1-20-12-6-9(17)5-8(14(12)19)7-18-13-10(15)3-2-4-11(13)16/h2-6,18-19H,7H2,1H3. The first-order chi connectivity index (χ1) is 9.52. The minimum atomic E-state index is 0.0903. The topological polar surface area (TPSA) is 41.5 Å². The molecule has 6 heteroatoms. The van der Waals surface area contributed by atoms with E-state index in [2.05, 4.69) is 37.2 Å². The Morgan fingerprint density at radius 1 is 1.25 bits per heavy atom. The van der Waals surface area contributed by atoms with Gasteiger partial charge in [-0.2, -0.15) is 0 Å². The molecule has 0 heterocycles. The Morgan fingerprint density at radius 2 is 1.90 bits per heavy atom. The number of halogens is 3. The third-order valence-electron chi connectivity index (χ3n) is 2.76. The molecule has 106 valence electrons. The zero-order valence-corrected chi connectivity index (χ0v) is 14.5. The summed E-state index contributed by atoms with van der Waals surface area (Å²) in [5.41, 5.74) is 1.57. The lowest BCUT2D eigenvalue weighted by Crippen LogP contribution is -2.02. The van der Waals surface area contributed by atoms with Crippen LogP contribution in [0, 0.1) is 0 Å². The van der Waals surface area contributed by atoms with Crippen LogP contribution in [0.25, 0.3) is 0 Å². The van der Waals surface area contributed by atoms with Crippen molar-refractivity contribution in [1.82, 2.24) is 0 Å². The van der Waals surface area contributed by atoms with Crippen molar-refractivity contribution < 1.29 is 9.84 Å². The highest BCUT2D eigenvalue weighted by Gasteiger charge is 2.11. The second-order valence-corrected chi connectivity index (χ2v) is 6.21. The molecule has 0 radical (unpaired) electrons. The molecule has 0 aliphatic rings. The molecule has 0 aliphatic carbocycles. The Kier molecular flexibility index (Phi) is 5.18. The van der Waals surface area contributed by atoms with Gasteiger partial charge in [0.1, 0.15) is 0 Å². The van der Waals surface area contributed by atoms with Gasteiger partial charge in [0.25, 0.3) is 0 Å². The fourth-order valence-electron chi connectivity index (χ4n) is 1.77. The van der Waals surface area contributed by atoms with Crippen molar-refractivity contribution in [1.29, 1.82) is 0 Å². The molecule has 20 heavy (non-hydrogen) atoms. The first kappa shape index (κ1) is 15.5. The van der Waals surface area contributed by atoms with Gasteiger partial charge in [-0.1, -0.05) is 17.7 Å². The number of para-hydroxylation sites is 1. The van der Waals surface area contributed by atoms with Crippen LogP contribution >= 0.6 is 43.5 Å². The van der Waals surface area contributed by atoms with Crippen LogP contribution in [-0.2, 0) is 6.54 Å². The van der Waals surface area contributed by atoms with E-state index < -0.39 is 0 Å². The maximum atomic E-state index is 10.1. The number of phenols is 1. The van der Waals surface area contributed by atoms with Gasteiger partial charge in [0.15, 0.2) is 11.5 Å². The van der Waals surface area contributed by atoms with E-state index in [4.69, 9.17) is 16.3 Å². The Labute approximate surface area is 139 Å². The van der Waals surface area contributed by atoms with Gasteiger partial charge in [0, 0.05) is 32.1 Å². The molecule has 0 fully saturated rings. The lowest BCUT2D eigenvalue weighted by molar-refractivity contribution is 0.371. The molecule has 0 saturated carbocycles. The van der Waals surface area contributed by atoms with E-state index in [0.29, 0.717) is 22.9 Å². The van der Waals surface area contributed by atoms with Gasteiger partial charge >= 0.3 is 0 Å². The molecule has 2 aromatic carbocycles. The van der Waals surface area contributed by atoms with E-state index in [0.717, 1.165) is 14.6 Å². The molecular weight excluding hydrogens is 409 g/mol. The number of nitrogens with one attached hydrogen (secondary N) is 1. The van der Waals surface area contributed by atoms with Crippen molar-refractivity contribution in [3.8, 4) is 11.5 Å². The molecule has 0 aromatic heterocycles. The monoisotopic (exact) mass is 419 g/mol. The lowest BCUT2D eigenvalue weighted by Gasteiger charge is -2.13. The number of hydrogen-bond acceptors (Lipinski definition) is 3. The van der Waals surface area contributed by atoms with Gasteiger partial charge in [0.2, 0.25) is 0 Å². The largest absolute Gasteiger partial charge is 0.504 e. The fraction of sp³-hybridized carbons (Fsp3) is 0.143. The van der Waals surface area contributed by atoms with Crippen LogP contribution in [0.4, 0.5) is 5.69 Å². The summed E-state index contributed by atoms with van der Waals surface area (Å²) in [4.78, 5) is 0. The second-order valence-electron chi connectivity index (χ2n) is 4.07. The highest BCUT2D eigenvalue weighted by atomic mass is 79.9. The predicted molar refractivity (Wildman–Crippen MR) is 88.8 cm³/mol. The van der Waals surface area contributed by atoms with Gasteiger partial charge in [0.05, 0.1) is 12.8 Å². The van der Waals surface area contributed by atoms with Crippen molar-refractivity contribution in [2.45, 2.75) is 6.54 Å². The van der Waals surface area contributed by atoms with Crippen molar-refractivity contribution in [3.63, 3.8) is 0 Å². The summed E-state index contributed by atoms with van der Waals surface area (Å²) >= 11 is 13.0. The van der Waals surface area contributed by atoms with Gasteiger partial charge in [-0.3, -0.25) is 0 Å². The Hall–Kier alpha value is -0.910. The zero-order valence-electron chi connectivity index (χ0n) is 10.6. The number of aromatic hydroxyl groups is 1.